The van der Waals surface area contributed by atoms with E-state index in [1.165, 1.54) is 47.6 Å². The summed E-state index contributed by atoms with van der Waals surface area (Å²) in [4.78, 5) is 0. The molecule has 1 saturated carbocycles. The van der Waals surface area contributed by atoms with Crippen LogP contribution >= 0.6 is 0 Å². The van der Waals surface area contributed by atoms with Crippen molar-refractivity contribution in [3.05, 3.63) is 90.0 Å². The van der Waals surface area contributed by atoms with Gasteiger partial charge in [-0.05, 0) is 59.6 Å². The van der Waals surface area contributed by atoms with E-state index < -0.39 is 0 Å². The molecule has 3 aromatic rings. The van der Waals surface area contributed by atoms with E-state index in [9.17, 15) is 0 Å². The zero-order chi connectivity index (χ0) is 19.5. The molecule has 1 fully saturated rings. The molecule has 0 aliphatic heterocycles. The van der Waals surface area contributed by atoms with Crippen LogP contribution in [0, 0.1) is 0 Å². The van der Waals surface area contributed by atoms with Gasteiger partial charge in [0.05, 0.1) is 0 Å². The summed E-state index contributed by atoms with van der Waals surface area (Å²) >= 11 is 0. The van der Waals surface area contributed by atoms with E-state index in [4.69, 9.17) is 5.73 Å². The number of hydrogen-bond acceptors (Lipinski definition) is 2. The molecule has 2 heteroatoms. The number of fused-ring (bicyclic) bond motifs is 1. The smallest absolute Gasteiger partial charge is 0.0314 e. The molecular weight excluding hydrogens is 340 g/mol. The Hall–Kier alpha value is -2.58. The van der Waals surface area contributed by atoms with Crippen molar-refractivity contribution < 1.29 is 0 Å². The van der Waals surface area contributed by atoms with Crippen LogP contribution in [0.3, 0.4) is 0 Å². The lowest BCUT2D eigenvalue weighted by Gasteiger charge is -2.32. The van der Waals surface area contributed by atoms with Crippen LogP contribution < -0.4 is 11.1 Å². The van der Waals surface area contributed by atoms with Gasteiger partial charge < -0.3 is 11.1 Å². The SMILES string of the molecule is C=C(N)c1ccc(C2CCCC(NC(C)c3cccc4ccccc34)C2)cc1. The summed E-state index contributed by atoms with van der Waals surface area (Å²) < 4.78 is 0. The first-order valence-corrected chi connectivity index (χ1v) is 10.4. The highest BCUT2D eigenvalue weighted by Crippen LogP contribution is 2.34. The number of nitrogens with two attached hydrogens (primary N) is 1. The van der Waals surface area contributed by atoms with Gasteiger partial charge in [0.25, 0.3) is 0 Å². The van der Waals surface area contributed by atoms with E-state index >= 15 is 0 Å². The second-order valence-electron chi connectivity index (χ2n) is 8.16. The van der Waals surface area contributed by atoms with Crippen molar-refractivity contribution in [1.82, 2.24) is 5.32 Å². The van der Waals surface area contributed by atoms with Gasteiger partial charge in [-0.3, -0.25) is 0 Å². The largest absolute Gasteiger partial charge is 0.399 e. The van der Waals surface area contributed by atoms with Crippen LogP contribution in [0.2, 0.25) is 0 Å². The van der Waals surface area contributed by atoms with Crippen LogP contribution in [-0.2, 0) is 0 Å². The molecule has 4 rings (SSSR count). The minimum atomic E-state index is 0.345. The van der Waals surface area contributed by atoms with Gasteiger partial charge in [-0.2, -0.15) is 0 Å². The van der Waals surface area contributed by atoms with Gasteiger partial charge in [0.15, 0.2) is 0 Å². The van der Waals surface area contributed by atoms with Crippen molar-refractivity contribution in [2.45, 2.75) is 50.6 Å². The first kappa shape index (κ1) is 18.8. The van der Waals surface area contributed by atoms with Gasteiger partial charge >= 0.3 is 0 Å². The molecular formula is C26H30N2. The second kappa shape index (κ2) is 8.20. The van der Waals surface area contributed by atoms with Crippen LogP contribution in [0.15, 0.2) is 73.3 Å². The van der Waals surface area contributed by atoms with Gasteiger partial charge in [-0.1, -0.05) is 79.7 Å². The molecule has 28 heavy (non-hydrogen) atoms. The average molecular weight is 371 g/mol. The maximum atomic E-state index is 5.81. The molecule has 144 valence electrons. The summed E-state index contributed by atoms with van der Waals surface area (Å²) in [5, 5.41) is 6.60. The van der Waals surface area contributed by atoms with E-state index in [0.29, 0.717) is 23.7 Å². The number of nitrogens with one attached hydrogen (secondary N) is 1. The Morgan fingerprint density at radius 1 is 1.00 bits per heavy atom. The van der Waals surface area contributed by atoms with Gasteiger partial charge in [0.2, 0.25) is 0 Å². The Morgan fingerprint density at radius 3 is 2.54 bits per heavy atom. The molecule has 3 atom stereocenters. The summed E-state index contributed by atoms with van der Waals surface area (Å²) in [6, 6.07) is 24.9. The van der Waals surface area contributed by atoms with Crippen molar-refractivity contribution in [2.75, 3.05) is 0 Å². The van der Waals surface area contributed by atoms with Crippen LogP contribution in [0.25, 0.3) is 16.5 Å². The van der Waals surface area contributed by atoms with E-state index in [2.05, 4.69) is 85.5 Å². The van der Waals surface area contributed by atoms with E-state index in [1.807, 2.05) is 0 Å². The molecule has 3 aromatic carbocycles. The number of hydrogen-bond donors (Lipinski definition) is 2. The summed E-state index contributed by atoms with van der Waals surface area (Å²) in [5.74, 6) is 0.617. The van der Waals surface area contributed by atoms with Gasteiger partial charge in [0.1, 0.15) is 0 Å². The zero-order valence-electron chi connectivity index (χ0n) is 16.7. The number of benzene rings is 3. The molecule has 0 aromatic heterocycles. The summed E-state index contributed by atoms with van der Waals surface area (Å²) in [7, 11) is 0. The van der Waals surface area contributed by atoms with Gasteiger partial charge in [-0.25, -0.2) is 0 Å². The maximum absolute atomic E-state index is 5.81. The van der Waals surface area contributed by atoms with Crippen molar-refractivity contribution in [3.8, 4) is 0 Å². The molecule has 2 nitrogen and oxygen atoms in total. The molecule has 3 unspecified atom stereocenters. The lowest BCUT2D eigenvalue weighted by Crippen LogP contribution is -2.35. The summed E-state index contributed by atoms with van der Waals surface area (Å²) in [5.41, 5.74) is 10.3. The predicted octanol–water partition coefficient (Wildman–Crippen LogP) is 6.15. The topological polar surface area (TPSA) is 38.0 Å². The predicted molar refractivity (Wildman–Crippen MR) is 120 cm³/mol. The van der Waals surface area contributed by atoms with Gasteiger partial charge in [0, 0.05) is 17.8 Å². The van der Waals surface area contributed by atoms with Crippen molar-refractivity contribution in [2.24, 2.45) is 5.73 Å². The monoisotopic (exact) mass is 370 g/mol. The van der Waals surface area contributed by atoms with E-state index in [-0.39, 0.29) is 0 Å². The van der Waals surface area contributed by atoms with Gasteiger partial charge in [-0.15, -0.1) is 0 Å². The first-order valence-electron chi connectivity index (χ1n) is 10.4. The highest BCUT2D eigenvalue weighted by atomic mass is 14.9. The fraction of sp³-hybridized carbons (Fsp3) is 0.308. The molecule has 0 amide bonds. The third-order valence-electron chi connectivity index (χ3n) is 6.20. The summed E-state index contributed by atoms with van der Waals surface area (Å²) in [6.07, 6.45) is 4.99. The van der Waals surface area contributed by atoms with Crippen LogP contribution in [0.5, 0.6) is 0 Å². The van der Waals surface area contributed by atoms with Crippen molar-refractivity contribution in [3.63, 3.8) is 0 Å². The quantitative estimate of drug-likeness (QED) is 0.565. The Morgan fingerprint density at radius 2 is 1.75 bits per heavy atom. The Balaban J connectivity index is 1.46. The Bertz CT molecular complexity index is 952. The second-order valence-corrected chi connectivity index (χ2v) is 8.16. The molecule has 0 spiro atoms. The Labute approximate surface area is 168 Å². The number of rotatable bonds is 5. The van der Waals surface area contributed by atoms with Crippen LogP contribution in [0.4, 0.5) is 0 Å². The van der Waals surface area contributed by atoms with Crippen LogP contribution in [-0.4, -0.2) is 6.04 Å². The zero-order valence-corrected chi connectivity index (χ0v) is 16.7. The highest BCUT2D eigenvalue weighted by Gasteiger charge is 2.24. The van der Waals surface area contributed by atoms with E-state index in [0.717, 1.165) is 5.56 Å². The lowest BCUT2D eigenvalue weighted by molar-refractivity contribution is 0.319. The minimum Gasteiger partial charge on any atom is -0.399 e. The van der Waals surface area contributed by atoms with Crippen LogP contribution in [0.1, 0.15) is 61.3 Å². The average Bonchev–Trinajstić information content (AvgIpc) is 2.73. The van der Waals surface area contributed by atoms with Crippen molar-refractivity contribution in [1.29, 1.82) is 0 Å². The highest BCUT2D eigenvalue weighted by molar-refractivity contribution is 5.86. The lowest BCUT2D eigenvalue weighted by atomic mass is 9.80. The molecule has 1 aliphatic carbocycles. The summed E-state index contributed by atoms with van der Waals surface area (Å²) in [6.45, 7) is 6.13. The molecule has 0 saturated heterocycles. The molecule has 0 heterocycles. The molecule has 3 N–H and O–H groups in total. The minimum absolute atomic E-state index is 0.345. The molecule has 1 aliphatic rings. The molecule has 0 bridgehead atoms. The molecule has 0 radical (unpaired) electrons. The van der Waals surface area contributed by atoms with E-state index in [1.54, 1.807) is 0 Å². The van der Waals surface area contributed by atoms with Crippen molar-refractivity contribution >= 4 is 16.5 Å². The third-order valence-corrected chi connectivity index (χ3v) is 6.20. The Kier molecular flexibility index (Phi) is 5.50. The fourth-order valence-electron chi connectivity index (χ4n) is 4.68. The standard InChI is InChI=1S/C26H30N2/c1-18(27)20-13-15-21(16-14-20)23-9-5-10-24(17-23)28-19(2)25-12-6-8-22-7-3-4-11-26(22)25/h3-4,6-8,11-16,19,23-24,28H,1,5,9-10,17,27H2,2H3. The fourth-order valence-corrected chi connectivity index (χ4v) is 4.68. The maximum Gasteiger partial charge on any atom is 0.0314 e. The first-order chi connectivity index (χ1) is 13.6. The third kappa shape index (κ3) is 3.98. The normalized spacial score (nSPS) is 20.8.